The summed E-state index contributed by atoms with van der Waals surface area (Å²) in [6.07, 6.45) is 1.25. The normalized spacial score (nSPS) is 11.0. The van der Waals surface area contributed by atoms with Crippen LogP contribution in [0.4, 0.5) is 15.9 Å². The van der Waals surface area contributed by atoms with E-state index in [-0.39, 0.29) is 28.7 Å². The molecule has 0 unspecified atom stereocenters. The van der Waals surface area contributed by atoms with Gasteiger partial charge in [-0.15, -0.1) is 5.10 Å². The maximum Gasteiger partial charge on any atom is 0.294 e. The number of nitro groups is 1. The first-order valence-electron chi connectivity index (χ1n) is 8.82. The monoisotopic (exact) mass is 437 g/mol. The fourth-order valence-electron chi connectivity index (χ4n) is 2.73. The highest BCUT2D eigenvalue weighted by atomic mass is 19.1. The van der Waals surface area contributed by atoms with Gasteiger partial charge < -0.3 is 5.73 Å². The Hall–Kier alpha value is -5.01. The average molecular weight is 437 g/mol. The molecule has 0 atom stereocenters. The molecule has 0 fully saturated rings. The van der Waals surface area contributed by atoms with Crippen LogP contribution < -0.4 is 11.2 Å². The fraction of sp³-hybridized carbons (Fsp3) is 0. The minimum Gasteiger partial charge on any atom is -0.378 e. The van der Waals surface area contributed by atoms with Gasteiger partial charge in [0.25, 0.3) is 11.6 Å². The quantitative estimate of drug-likeness (QED) is 0.258. The van der Waals surface area contributed by atoms with Gasteiger partial charge in [0, 0.05) is 17.7 Å². The number of nitrogens with zero attached hydrogens (tertiary/aromatic N) is 7. The Labute approximate surface area is 177 Å². The zero-order valence-corrected chi connectivity index (χ0v) is 15.9. The van der Waals surface area contributed by atoms with Gasteiger partial charge in [-0.3, -0.25) is 14.9 Å². The molecule has 0 aliphatic heterocycles. The van der Waals surface area contributed by atoms with Crippen molar-refractivity contribution in [3.8, 4) is 17.1 Å². The molecular formula is C18H12FN9O4. The van der Waals surface area contributed by atoms with Gasteiger partial charge in [0.15, 0.2) is 5.69 Å². The Bertz CT molecular complexity index is 1330. The second-order valence-corrected chi connectivity index (χ2v) is 6.23. The molecule has 13 nitrogen and oxygen atoms in total. The summed E-state index contributed by atoms with van der Waals surface area (Å²) in [5.41, 5.74) is 8.55. The topological polar surface area (TPSA) is 180 Å². The number of nitrogen functional groups attached to an aromatic ring is 1. The Kier molecular flexibility index (Phi) is 5.31. The summed E-state index contributed by atoms with van der Waals surface area (Å²) in [6.45, 7) is 0. The number of carbonyl (C=O) groups excluding carboxylic acids is 1. The van der Waals surface area contributed by atoms with Crippen molar-refractivity contribution in [1.82, 2.24) is 30.7 Å². The molecular weight excluding hydrogens is 425 g/mol. The van der Waals surface area contributed by atoms with Crippen LogP contribution in [0.5, 0.6) is 0 Å². The first kappa shape index (κ1) is 20.3. The number of non-ortho nitro benzene ring substituents is 1. The molecule has 32 heavy (non-hydrogen) atoms. The largest absolute Gasteiger partial charge is 0.378 e. The fourth-order valence-corrected chi connectivity index (χ4v) is 2.73. The SMILES string of the molecule is Nc1nonc1-n1nnc(C(=O)NN=Cc2cccc(F)c2)c1-c1ccc([N+](=O)[O-])cc1. The highest BCUT2D eigenvalue weighted by Crippen LogP contribution is 2.28. The summed E-state index contributed by atoms with van der Waals surface area (Å²) in [7, 11) is 0. The molecule has 2 aromatic carbocycles. The summed E-state index contributed by atoms with van der Waals surface area (Å²) in [5.74, 6) is -1.36. The highest BCUT2D eigenvalue weighted by Gasteiger charge is 2.25. The second kappa shape index (κ2) is 8.39. The van der Waals surface area contributed by atoms with Gasteiger partial charge in [0.2, 0.25) is 11.6 Å². The van der Waals surface area contributed by atoms with E-state index >= 15 is 0 Å². The van der Waals surface area contributed by atoms with Gasteiger partial charge in [-0.1, -0.05) is 17.3 Å². The Morgan fingerprint density at radius 1 is 1.25 bits per heavy atom. The first-order valence-corrected chi connectivity index (χ1v) is 8.82. The standard InChI is InChI=1S/C18H12FN9O4/c19-12-3-1-2-10(8-12)9-21-23-18(29)14-15(11-4-6-13(7-5-11)28(30)31)27(26-22-14)17-16(20)24-32-25-17/h1-9H,(H2,20,24)(H,23,29). The number of anilines is 1. The van der Waals surface area contributed by atoms with E-state index in [1.807, 2.05) is 0 Å². The molecule has 0 aliphatic rings. The Morgan fingerprint density at radius 2 is 2.03 bits per heavy atom. The number of nitrogens with one attached hydrogen (secondary N) is 1. The maximum absolute atomic E-state index is 13.3. The van der Waals surface area contributed by atoms with Gasteiger partial charge in [-0.2, -0.15) is 9.78 Å². The van der Waals surface area contributed by atoms with Crippen LogP contribution in [0.3, 0.4) is 0 Å². The van der Waals surface area contributed by atoms with Crippen molar-refractivity contribution in [2.45, 2.75) is 0 Å². The Morgan fingerprint density at radius 3 is 2.69 bits per heavy atom. The molecule has 2 aromatic heterocycles. The lowest BCUT2D eigenvalue weighted by molar-refractivity contribution is -0.384. The van der Waals surface area contributed by atoms with Gasteiger partial charge >= 0.3 is 0 Å². The van der Waals surface area contributed by atoms with Crippen molar-refractivity contribution in [2.75, 3.05) is 5.73 Å². The van der Waals surface area contributed by atoms with E-state index in [2.05, 4.69) is 35.8 Å². The highest BCUT2D eigenvalue weighted by molar-refractivity contribution is 5.98. The number of hydrogen-bond acceptors (Lipinski definition) is 10. The minimum absolute atomic E-state index is 0.0341. The van der Waals surface area contributed by atoms with Crippen molar-refractivity contribution >= 4 is 23.6 Å². The number of hydrazone groups is 1. The molecule has 0 spiro atoms. The number of halogens is 1. The molecule has 4 aromatic rings. The van der Waals surface area contributed by atoms with E-state index in [9.17, 15) is 19.3 Å². The zero-order chi connectivity index (χ0) is 22.7. The number of rotatable bonds is 6. The van der Waals surface area contributed by atoms with Crippen molar-refractivity contribution in [3.63, 3.8) is 0 Å². The van der Waals surface area contributed by atoms with E-state index in [0.717, 1.165) is 4.68 Å². The van der Waals surface area contributed by atoms with Crippen LogP contribution in [0.2, 0.25) is 0 Å². The predicted octanol–water partition coefficient (Wildman–Crippen LogP) is 1.71. The minimum atomic E-state index is -0.757. The van der Waals surface area contributed by atoms with Crippen molar-refractivity contribution in [1.29, 1.82) is 0 Å². The Balaban J connectivity index is 1.70. The van der Waals surface area contributed by atoms with Gasteiger partial charge in [-0.25, -0.2) is 14.4 Å². The number of nitrogens with two attached hydrogens (primary N) is 1. The molecule has 2 heterocycles. The van der Waals surface area contributed by atoms with Gasteiger partial charge in [0.1, 0.15) is 11.5 Å². The molecule has 1 amide bonds. The van der Waals surface area contributed by atoms with E-state index in [1.165, 1.54) is 48.7 Å². The first-order chi connectivity index (χ1) is 15.4. The molecule has 14 heteroatoms. The van der Waals surface area contributed by atoms with Crippen LogP contribution in [0.25, 0.3) is 17.1 Å². The molecule has 0 bridgehead atoms. The molecule has 0 radical (unpaired) electrons. The summed E-state index contributed by atoms with van der Waals surface area (Å²) >= 11 is 0. The molecule has 0 saturated heterocycles. The van der Waals surface area contributed by atoms with Crippen LogP contribution in [0, 0.1) is 15.9 Å². The van der Waals surface area contributed by atoms with Crippen molar-refractivity contribution < 1.29 is 18.7 Å². The van der Waals surface area contributed by atoms with E-state index in [1.54, 1.807) is 6.07 Å². The van der Waals surface area contributed by atoms with E-state index < -0.39 is 16.6 Å². The number of nitro benzene ring substituents is 1. The summed E-state index contributed by atoms with van der Waals surface area (Å²) in [5, 5.41) is 29.6. The van der Waals surface area contributed by atoms with Crippen LogP contribution in [0.1, 0.15) is 16.1 Å². The van der Waals surface area contributed by atoms with Crippen LogP contribution >= 0.6 is 0 Å². The lowest BCUT2D eigenvalue weighted by Crippen LogP contribution is -2.19. The molecule has 0 saturated carbocycles. The van der Waals surface area contributed by atoms with E-state index in [4.69, 9.17) is 5.73 Å². The lowest BCUT2D eigenvalue weighted by Gasteiger charge is -2.05. The van der Waals surface area contributed by atoms with E-state index in [0.29, 0.717) is 11.1 Å². The second-order valence-electron chi connectivity index (χ2n) is 6.23. The molecule has 160 valence electrons. The van der Waals surface area contributed by atoms with Crippen molar-refractivity contribution in [3.05, 3.63) is 75.7 Å². The molecule has 0 aliphatic carbocycles. The number of hydrogen-bond donors (Lipinski definition) is 2. The molecule has 3 N–H and O–H groups in total. The lowest BCUT2D eigenvalue weighted by atomic mass is 10.1. The van der Waals surface area contributed by atoms with Gasteiger partial charge in [-0.05, 0) is 40.1 Å². The van der Waals surface area contributed by atoms with Crippen LogP contribution in [-0.2, 0) is 0 Å². The van der Waals surface area contributed by atoms with Crippen LogP contribution in [0.15, 0.2) is 58.3 Å². The third-order valence-corrected chi connectivity index (χ3v) is 4.16. The van der Waals surface area contributed by atoms with Gasteiger partial charge in [0.05, 0.1) is 11.1 Å². The number of carbonyl (C=O) groups is 1. The predicted molar refractivity (Wildman–Crippen MR) is 107 cm³/mol. The summed E-state index contributed by atoms with van der Waals surface area (Å²) in [4.78, 5) is 23.1. The number of benzene rings is 2. The number of aromatic nitrogens is 5. The van der Waals surface area contributed by atoms with Crippen LogP contribution in [-0.4, -0.2) is 42.4 Å². The summed E-state index contributed by atoms with van der Waals surface area (Å²) in [6, 6.07) is 10.9. The number of amides is 1. The third kappa shape index (κ3) is 4.00. The van der Waals surface area contributed by atoms with Crippen molar-refractivity contribution in [2.24, 2.45) is 5.10 Å². The zero-order valence-electron chi connectivity index (χ0n) is 15.9. The average Bonchev–Trinajstić information content (AvgIpc) is 3.39. The smallest absolute Gasteiger partial charge is 0.294 e. The summed E-state index contributed by atoms with van der Waals surface area (Å²) < 4.78 is 19.0. The maximum atomic E-state index is 13.3. The third-order valence-electron chi connectivity index (χ3n) is 4.16. The molecule has 4 rings (SSSR count).